The molecule has 2 aliphatic rings. The lowest BCUT2D eigenvalue weighted by Gasteiger charge is -2.29. The third kappa shape index (κ3) is 3.07. The minimum Gasteiger partial charge on any atom is -0.466 e. The predicted molar refractivity (Wildman–Crippen MR) is 84.8 cm³/mol. The monoisotopic (exact) mass is 385 g/mol. The van der Waals surface area contributed by atoms with Crippen molar-refractivity contribution in [2.75, 3.05) is 13.7 Å². The summed E-state index contributed by atoms with van der Waals surface area (Å²) in [7, 11) is 0.983. The number of dihydropyridines is 1. The maximum Gasteiger partial charge on any atom is 0.337 e. The van der Waals surface area contributed by atoms with Gasteiger partial charge in [0.2, 0.25) is 0 Å². The summed E-state index contributed by atoms with van der Waals surface area (Å²) >= 11 is 0. The Morgan fingerprint density at radius 1 is 1.33 bits per heavy atom. The van der Waals surface area contributed by atoms with Gasteiger partial charge in [0, 0.05) is 5.56 Å². The number of hydrogen-bond donors (Lipinski definition) is 1. The number of allylic oxidation sites excluding steroid dienone is 1. The highest BCUT2D eigenvalue weighted by Crippen LogP contribution is 2.45. The van der Waals surface area contributed by atoms with E-state index in [0.717, 1.165) is 20.1 Å². The standard InChI is InChI=1S/C18H15F4NO4/c1-7(19)11-8(4-3-5-9(11)20)12-13-10(6-27-18(13)25)23-15(16(21)22)14(12)17(24)26-2/h3-5,7,12,16,23H,6H2,1-2H3. The van der Waals surface area contributed by atoms with Crippen molar-refractivity contribution in [1.29, 1.82) is 0 Å². The summed E-state index contributed by atoms with van der Waals surface area (Å²) in [5.41, 5.74) is -2.03. The third-order valence-electron chi connectivity index (χ3n) is 4.46. The van der Waals surface area contributed by atoms with Crippen LogP contribution in [0.15, 0.2) is 40.7 Å². The minimum atomic E-state index is -3.12. The number of methoxy groups -OCH3 is 1. The molecule has 2 heterocycles. The first-order valence-corrected chi connectivity index (χ1v) is 7.98. The van der Waals surface area contributed by atoms with Crippen LogP contribution in [0.1, 0.15) is 30.1 Å². The highest BCUT2D eigenvalue weighted by Gasteiger charge is 2.45. The van der Waals surface area contributed by atoms with Gasteiger partial charge in [-0.25, -0.2) is 27.2 Å². The van der Waals surface area contributed by atoms with Crippen molar-refractivity contribution in [2.24, 2.45) is 0 Å². The highest BCUT2D eigenvalue weighted by atomic mass is 19.3. The number of carbonyl (C=O) groups excluding carboxylic acids is 2. The fourth-order valence-electron chi connectivity index (χ4n) is 3.39. The molecule has 9 heteroatoms. The van der Waals surface area contributed by atoms with E-state index in [1.165, 1.54) is 12.1 Å². The molecule has 1 aromatic rings. The van der Waals surface area contributed by atoms with E-state index in [-0.39, 0.29) is 23.4 Å². The lowest BCUT2D eigenvalue weighted by Crippen LogP contribution is -2.34. The Labute approximate surface area is 151 Å². The molecule has 0 amide bonds. The maximum absolute atomic E-state index is 14.3. The van der Waals surface area contributed by atoms with Crippen molar-refractivity contribution in [3.8, 4) is 0 Å². The average molecular weight is 385 g/mol. The molecule has 2 aliphatic heterocycles. The fourth-order valence-corrected chi connectivity index (χ4v) is 3.39. The molecule has 144 valence electrons. The molecule has 1 aromatic carbocycles. The van der Waals surface area contributed by atoms with Crippen molar-refractivity contribution in [3.05, 3.63) is 57.7 Å². The first kappa shape index (κ1) is 18.9. The van der Waals surface area contributed by atoms with Gasteiger partial charge in [0.05, 0.1) is 35.6 Å². The molecular weight excluding hydrogens is 370 g/mol. The summed E-state index contributed by atoms with van der Waals surface area (Å²) in [6, 6.07) is 3.54. The molecule has 27 heavy (non-hydrogen) atoms. The van der Waals surface area contributed by atoms with E-state index in [0.29, 0.717) is 0 Å². The molecule has 5 nitrogen and oxygen atoms in total. The van der Waals surface area contributed by atoms with Gasteiger partial charge in [0.1, 0.15) is 18.6 Å². The number of cyclic esters (lactones) is 1. The van der Waals surface area contributed by atoms with Gasteiger partial charge in [-0.05, 0) is 18.6 Å². The fraction of sp³-hybridized carbons (Fsp3) is 0.333. The van der Waals surface area contributed by atoms with Gasteiger partial charge < -0.3 is 14.8 Å². The number of benzene rings is 1. The number of esters is 2. The molecule has 0 fully saturated rings. The van der Waals surface area contributed by atoms with Crippen LogP contribution in [-0.2, 0) is 19.1 Å². The van der Waals surface area contributed by atoms with Crippen LogP contribution >= 0.6 is 0 Å². The van der Waals surface area contributed by atoms with Gasteiger partial charge in [-0.15, -0.1) is 0 Å². The number of hydrogen-bond acceptors (Lipinski definition) is 5. The van der Waals surface area contributed by atoms with E-state index < -0.39 is 53.1 Å². The number of nitrogens with one attached hydrogen (secondary N) is 1. The highest BCUT2D eigenvalue weighted by molar-refractivity contribution is 6.01. The van der Waals surface area contributed by atoms with Gasteiger partial charge in [-0.2, -0.15) is 0 Å². The maximum atomic E-state index is 14.3. The van der Waals surface area contributed by atoms with Crippen LogP contribution in [0.2, 0.25) is 0 Å². The third-order valence-corrected chi connectivity index (χ3v) is 4.46. The Kier molecular flexibility index (Phi) is 4.95. The summed E-state index contributed by atoms with van der Waals surface area (Å²) < 4.78 is 65.2. The number of alkyl halides is 3. The number of halogens is 4. The zero-order valence-electron chi connectivity index (χ0n) is 14.3. The Hall–Kier alpha value is -2.84. The predicted octanol–water partition coefficient (Wildman–Crippen LogP) is 3.05. The molecular formula is C18H15F4NO4. The SMILES string of the molecule is COC(=O)C1=C(C(F)F)NC2=C(C(=O)OC2)C1c1cccc(F)c1C(C)F. The van der Waals surface area contributed by atoms with Gasteiger partial charge in [-0.3, -0.25) is 0 Å². The molecule has 2 unspecified atom stereocenters. The topological polar surface area (TPSA) is 64.6 Å². The van der Waals surface area contributed by atoms with Gasteiger partial charge in [0.15, 0.2) is 0 Å². The Balaban J connectivity index is 2.34. The van der Waals surface area contributed by atoms with Crippen LogP contribution < -0.4 is 5.32 Å². The molecule has 0 saturated heterocycles. The van der Waals surface area contributed by atoms with Crippen LogP contribution in [0.25, 0.3) is 0 Å². The van der Waals surface area contributed by atoms with Crippen molar-refractivity contribution >= 4 is 11.9 Å². The van der Waals surface area contributed by atoms with Gasteiger partial charge in [0.25, 0.3) is 6.43 Å². The zero-order chi connectivity index (χ0) is 19.9. The second-order valence-corrected chi connectivity index (χ2v) is 6.00. The van der Waals surface area contributed by atoms with Crippen molar-refractivity contribution in [1.82, 2.24) is 5.32 Å². The average Bonchev–Trinajstić information content (AvgIpc) is 2.99. The molecule has 3 rings (SSSR count). The molecule has 0 aliphatic carbocycles. The quantitative estimate of drug-likeness (QED) is 0.638. The number of rotatable bonds is 4. The molecule has 0 bridgehead atoms. The lowest BCUT2D eigenvalue weighted by atomic mass is 9.78. The van der Waals surface area contributed by atoms with E-state index in [9.17, 15) is 27.2 Å². The van der Waals surface area contributed by atoms with E-state index in [2.05, 4.69) is 10.1 Å². The van der Waals surface area contributed by atoms with E-state index in [1.807, 2.05) is 0 Å². The minimum absolute atomic E-state index is 0.0228. The van der Waals surface area contributed by atoms with Crippen LogP contribution in [0.5, 0.6) is 0 Å². The summed E-state index contributed by atoms with van der Waals surface area (Å²) in [6.07, 6.45) is -4.93. The first-order valence-electron chi connectivity index (χ1n) is 7.98. The molecule has 0 aromatic heterocycles. The van der Waals surface area contributed by atoms with Crippen LogP contribution in [0, 0.1) is 5.82 Å². The van der Waals surface area contributed by atoms with Crippen molar-refractivity contribution in [3.63, 3.8) is 0 Å². The second kappa shape index (κ2) is 7.05. The van der Waals surface area contributed by atoms with E-state index >= 15 is 0 Å². The molecule has 0 spiro atoms. The summed E-state index contributed by atoms with van der Waals surface area (Å²) in [5.74, 6) is -4.37. The van der Waals surface area contributed by atoms with Crippen LogP contribution in [0.3, 0.4) is 0 Å². The summed E-state index contributed by atoms with van der Waals surface area (Å²) in [4.78, 5) is 24.5. The normalized spacial score (nSPS) is 20.4. The summed E-state index contributed by atoms with van der Waals surface area (Å²) in [5, 5.41) is 2.35. The molecule has 0 radical (unpaired) electrons. The molecule has 2 atom stereocenters. The summed E-state index contributed by atoms with van der Waals surface area (Å²) in [6.45, 7) is 0.756. The van der Waals surface area contributed by atoms with Gasteiger partial charge >= 0.3 is 11.9 Å². The number of carbonyl (C=O) groups is 2. The molecule has 1 N–H and O–H groups in total. The van der Waals surface area contributed by atoms with Crippen molar-refractivity contribution < 1.29 is 36.6 Å². The smallest absolute Gasteiger partial charge is 0.337 e. The Morgan fingerprint density at radius 2 is 2.04 bits per heavy atom. The van der Waals surface area contributed by atoms with Gasteiger partial charge in [-0.1, -0.05) is 12.1 Å². The molecule has 0 saturated carbocycles. The number of ether oxygens (including phenoxy) is 2. The van der Waals surface area contributed by atoms with Crippen LogP contribution in [-0.4, -0.2) is 32.1 Å². The van der Waals surface area contributed by atoms with E-state index in [1.54, 1.807) is 0 Å². The largest absolute Gasteiger partial charge is 0.466 e. The van der Waals surface area contributed by atoms with Crippen molar-refractivity contribution in [2.45, 2.75) is 25.4 Å². The lowest BCUT2D eigenvalue weighted by molar-refractivity contribution is -0.136. The Morgan fingerprint density at radius 3 is 2.63 bits per heavy atom. The van der Waals surface area contributed by atoms with Crippen LogP contribution in [0.4, 0.5) is 17.6 Å². The Bertz CT molecular complexity index is 876. The second-order valence-electron chi connectivity index (χ2n) is 6.00. The van der Waals surface area contributed by atoms with E-state index in [4.69, 9.17) is 4.74 Å². The first-order chi connectivity index (χ1) is 12.8. The zero-order valence-corrected chi connectivity index (χ0v) is 14.3.